The number of hydrogen-bond acceptors (Lipinski definition) is 4. The predicted molar refractivity (Wildman–Crippen MR) is 73.8 cm³/mol. The van der Waals surface area contributed by atoms with Crippen molar-refractivity contribution in [3.63, 3.8) is 0 Å². The minimum absolute atomic E-state index is 0.0180. The van der Waals surface area contributed by atoms with E-state index < -0.39 is 0 Å². The van der Waals surface area contributed by atoms with Crippen LogP contribution < -0.4 is 15.6 Å². The fourth-order valence-corrected chi connectivity index (χ4v) is 2.04. The summed E-state index contributed by atoms with van der Waals surface area (Å²) in [6, 6.07) is 5.38. The zero-order valence-corrected chi connectivity index (χ0v) is 11.7. The summed E-state index contributed by atoms with van der Waals surface area (Å²) in [5.74, 6) is 1.02. The summed E-state index contributed by atoms with van der Waals surface area (Å²) in [5, 5.41) is 2.97. The van der Waals surface area contributed by atoms with E-state index in [0.717, 1.165) is 10.2 Å². The molecule has 2 aromatic rings. The highest BCUT2D eigenvalue weighted by atomic mass is 79.9. The van der Waals surface area contributed by atoms with Crippen molar-refractivity contribution < 1.29 is 4.74 Å². The van der Waals surface area contributed by atoms with Crippen LogP contribution in [-0.4, -0.2) is 17.1 Å². The molecule has 1 aromatic heterocycles. The second kappa shape index (κ2) is 5.41. The molecule has 0 spiro atoms. The molecule has 0 saturated carbocycles. The van der Waals surface area contributed by atoms with Crippen molar-refractivity contribution in [3.05, 3.63) is 44.4 Å². The third-order valence-electron chi connectivity index (χ3n) is 2.21. The topological polar surface area (TPSA) is 67.0 Å². The van der Waals surface area contributed by atoms with Crippen LogP contribution in [0, 0.1) is 0 Å². The molecule has 2 rings (SSSR count). The van der Waals surface area contributed by atoms with Gasteiger partial charge < -0.3 is 15.0 Å². The summed E-state index contributed by atoms with van der Waals surface area (Å²) in [6.45, 7) is 0. The standard InChI is InChI=1S/C11H9BrClN3O2/c1-18-8-3-2-6(4-7(8)12)16-10-9(13)11(17)15-5-14-10/h2-5H,1H3,(H2,14,15,16,17). The number of H-pyrrole nitrogens is 1. The number of aromatic nitrogens is 2. The molecule has 0 amide bonds. The first-order chi connectivity index (χ1) is 8.61. The molecule has 18 heavy (non-hydrogen) atoms. The first-order valence-electron chi connectivity index (χ1n) is 4.95. The van der Waals surface area contributed by atoms with Crippen molar-refractivity contribution in [2.75, 3.05) is 12.4 Å². The van der Waals surface area contributed by atoms with Crippen LogP contribution in [-0.2, 0) is 0 Å². The van der Waals surface area contributed by atoms with Crippen LogP contribution in [0.25, 0.3) is 0 Å². The first-order valence-corrected chi connectivity index (χ1v) is 6.12. The molecule has 0 atom stereocenters. The average molecular weight is 331 g/mol. The van der Waals surface area contributed by atoms with Gasteiger partial charge in [-0.25, -0.2) is 4.98 Å². The summed E-state index contributed by atoms with van der Waals surface area (Å²) in [7, 11) is 1.59. The Morgan fingerprint density at radius 1 is 1.50 bits per heavy atom. The number of anilines is 2. The lowest BCUT2D eigenvalue weighted by Gasteiger charge is -2.09. The zero-order valence-electron chi connectivity index (χ0n) is 9.33. The van der Waals surface area contributed by atoms with Crippen LogP contribution in [0.3, 0.4) is 0 Å². The number of hydrogen-bond donors (Lipinski definition) is 2. The summed E-state index contributed by atoms with van der Waals surface area (Å²) in [4.78, 5) is 17.6. The molecule has 0 radical (unpaired) electrons. The number of aromatic amines is 1. The minimum atomic E-state index is -0.387. The normalized spacial score (nSPS) is 10.2. The van der Waals surface area contributed by atoms with Crippen molar-refractivity contribution in [2.45, 2.75) is 0 Å². The molecule has 0 bridgehead atoms. The van der Waals surface area contributed by atoms with E-state index in [2.05, 4.69) is 31.2 Å². The van der Waals surface area contributed by atoms with E-state index in [9.17, 15) is 4.79 Å². The van der Waals surface area contributed by atoms with Gasteiger partial charge in [0.2, 0.25) is 0 Å². The largest absolute Gasteiger partial charge is 0.496 e. The number of nitrogens with zero attached hydrogens (tertiary/aromatic N) is 1. The van der Waals surface area contributed by atoms with Gasteiger partial charge in [-0.1, -0.05) is 11.6 Å². The fourth-order valence-electron chi connectivity index (χ4n) is 1.35. The van der Waals surface area contributed by atoms with Crippen LogP contribution in [0.2, 0.25) is 5.02 Å². The third-order valence-corrected chi connectivity index (χ3v) is 3.18. The Kier molecular flexibility index (Phi) is 3.88. The Morgan fingerprint density at radius 2 is 2.28 bits per heavy atom. The number of ether oxygens (including phenoxy) is 1. The second-order valence-corrected chi connectivity index (χ2v) is 4.60. The molecule has 5 nitrogen and oxygen atoms in total. The lowest BCUT2D eigenvalue weighted by molar-refractivity contribution is 0.412. The maximum atomic E-state index is 11.3. The molecule has 0 unspecified atom stereocenters. The lowest BCUT2D eigenvalue weighted by atomic mass is 10.3. The minimum Gasteiger partial charge on any atom is -0.496 e. The third kappa shape index (κ3) is 2.65. The van der Waals surface area contributed by atoms with E-state index in [-0.39, 0.29) is 10.6 Å². The van der Waals surface area contributed by atoms with Crippen LogP contribution in [0.15, 0.2) is 33.8 Å². The number of methoxy groups -OCH3 is 1. The molecule has 0 aliphatic carbocycles. The van der Waals surface area contributed by atoms with Crippen molar-refractivity contribution in [1.29, 1.82) is 0 Å². The van der Waals surface area contributed by atoms with Crippen molar-refractivity contribution >= 4 is 39.0 Å². The van der Waals surface area contributed by atoms with Gasteiger partial charge in [0.1, 0.15) is 10.8 Å². The van der Waals surface area contributed by atoms with Crippen LogP contribution >= 0.6 is 27.5 Å². The second-order valence-electron chi connectivity index (χ2n) is 3.37. The van der Waals surface area contributed by atoms with Gasteiger partial charge in [0.05, 0.1) is 17.9 Å². The monoisotopic (exact) mass is 329 g/mol. The van der Waals surface area contributed by atoms with E-state index in [1.54, 1.807) is 25.3 Å². The fraction of sp³-hybridized carbons (Fsp3) is 0.0909. The van der Waals surface area contributed by atoms with Gasteiger partial charge in [-0.15, -0.1) is 0 Å². The lowest BCUT2D eigenvalue weighted by Crippen LogP contribution is -2.09. The van der Waals surface area contributed by atoms with Crippen LogP contribution in [0.4, 0.5) is 11.5 Å². The van der Waals surface area contributed by atoms with Gasteiger partial charge in [0.25, 0.3) is 5.56 Å². The highest BCUT2D eigenvalue weighted by molar-refractivity contribution is 9.10. The number of halogens is 2. The summed E-state index contributed by atoms with van der Waals surface area (Å²) < 4.78 is 5.91. The van der Waals surface area contributed by atoms with E-state index in [4.69, 9.17) is 16.3 Å². The highest BCUT2D eigenvalue weighted by Gasteiger charge is 2.07. The van der Waals surface area contributed by atoms with E-state index in [0.29, 0.717) is 11.6 Å². The molecule has 0 aliphatic rings. The summed E-state index contributed by atoms with van der Waals surface area (Å²) in [5.41, 5.74) is 0.351. The van der Waals surface area contributed by atoms with Gasteiger partial charge in [-0.05, 0) is 34.1 Å². The summed E-state index contributed by atoms with van der Waals surface area (Å²) in [6.07, 6.45) is 1.29. The Bertz CT molecular complexity index is 630. The summed E-state index contributed by atoms with van der Waals surface area (Å²) >= 11 is 9.20. The molecular weight excluding hydrogens is 321 g/mol. The quantitative estimate of drug-likeness (QED) is 0.908. The zero-order chi connectivity index (χ0) is 13.1. The van der Waals surface area contributed by atoms with E-state index in [1.165, 1.54) is 6.33 Å². The number of benzene rings is 1. The van der Waals surface area contributed by atoms with Crippen LogP contribution in [0.5, 0.6) is 5.75 Å². The first kappa shape index (κ1) is 12.9. The molecule has 1 heterocycles. The number of nitrogens with one attached hydrogen (secondary N) is 2. The Balaban J connectivity index is 2.32. The molecule has 2 N–H and O–H groups in total. The molecule has 0 fully saturated rings. The Labute approximate surface area is 116 Å². The molecular formula is C11H9BrClN3O2. The molecule has 0 aliphatic heterocycles. The molecule has 0 saturated heterocycles. The number of rotatable bonds is 3. The van der Waals surface area contributed by atoms with Gasteiger partial charge in [-0.2, -0.15) is 0 Å². The van der Waals surface area contributed by atoms with Gasteiger partial charge in [0.15, 0.2) is 5.82 Å². The van der Waals surface area contributed by atoms with Crippen LogP contribution in [0.1, 0.15) is 0 Å². The van der Waals surface area contributed by atoms with Gasteiger partial charge >= 0.3 is 0 Å². The van der Waals surface area contributed by atoms with E-state index in [1.807, 2.05) is 0 Å². The highest BCUT2D eigenvalue weighted by Crippen LogP contribution is 2.29. The van der Waals surface area contributed by atoms with Gasteiger partial charge in [-0.3, -0.25) is 4.79 Å². The molecule has 1 aromatic carbocycles. The smallest absolute Gasteiger partial charge is 0.271 e. The van der Waals surface area contributed by atoms with Gasteiger partial charge in [0, 0.05) is 5.69 Å². The average Bonchev–Trinajstić information content (AvgIpc) is 2.35. The SMILES string of the molecule is COc1ccc(Nc2nc[nH]c(=O)c2Cl)cc1Br. The molecule has 7 heteroatoms. The maximum Gasteiger partial charge on any atom is 0.271 e. The Hall–Kier alpha value is -1.53. The maximum absolute atomic E-state index is 11.3. The van der Waals surface area contributed by atoms with Crippen molar-refractivity contribution in [1.82, 2.24) is 9.97 Å². The Morgan fingerprint density at radius 3 is 2.94 bits per heavy atom. The predicted octanol–water partition coefficient (Wildman–Crippen LogP) is 2.94. The van der Waals surface area contributed by atoms with Crippen molar-refractivity contribution in [3.8, 4) is 5.75 Å². The van der Waals surface area contributed by atoms with Crippen molar-refractivity contribution in [2.24, 2.45) is 0 Å². The molecule has 94 valence electrons. The van der Waals surface area contributed by atoms with E-state index >= 15 is 0 Å².